The highest BCUT2D eigenvalue weighted by Gasteiger charge is 2.30. The average Bonchev–Trinajstić information content (AvgIpc) is 2.26. The van der Waals surface area contributed by atoms with Crippen molar-refractivity contribution in [3.05, 3.63) is 17.7 Å². The van der Waals surface area contributed by atoms with Crippen LogP contribution in [0.1, 0.15) is 52.9 Å². The van der Waals surface area contributed by atoms with Crippen molar-refractivity contribution in [2.45, 2.75) is 66.5 Å². The highest BCUT2D eigenvalue weighted by molar-refractivity contribution is 5.06. The average molecular weight is 209 g/mol. The van der Waals surface area contributed by atoms with Crippen molar-refractivity contribution in [1.29, 1.82) is 0 Å². The standard InChI is InChI=1S/C13H25N2/c1-10-11(2)15(13(6,7)8)9-14(10)12(3,4)5/h9H,1-8H3/q+1. The molecule has 0 bridgehead atoms. The lowest BCUT2D eigenvalue weighted by Crippen LogP contribution is -2.51. The van der Waals surface area contributed by atoms with Crippen LogP contribution < -0.4 is 4.57 Å². The maximum atomic E-state index is 2.35. The fourth-order valence-corrected chi connectivity index (χ4v) is 1.99. The summed E-state index contributed by atoms with van der Waals surface area (Å²) in [5, 5.41) is 0. The number of rotatable bonds is 0. The Morgan fingerprint density at radius 2 is 1.47 bits per heavy atom. The highest BCUT2D eigenvalue weighted by Crippen LogP contribution is 2.19. The summed E-state index contributed by atoms with van der Waals surface area (Å²) in [4.78, 5) is 0. The Kier molecular flexibility index (Phi) is 2.75. The third-order valence-electron chi connectivity index (χ3n) is 2.92. The zero-order chi connectivity index (χ0) is 12.0. The lowest BCUT2D eigenvalue weighted by Gasteiger charge is -2.17. The first-order valence-electron chi connectivity index (χ1n) is 5.66. The zero-order valence-electron chi connectivity index (χ0n) is 11.5. The van der Waals surface area contributed by atoms with Gasteiger partial charge in [0.1, 0.15) is 22.5 Å². The van der Waals surface area contributed by atoms with Gasteiger partial charge in [0.15, 0.2) is 0 Å². The number of imidazole rings is 1. The second kappa shape index (κ2) is 3.36. The number of hydrogen-bond donors (Lipinski definition) is 0. The molecule has 1 aromatic rings. The van der Waals surface area contributed by atoms with Crippen LogP contribution in [-0.2, 0) is 11.1 Å². The summed E-state index contributed by atoms with van der Waals surface area (Å²) >= 11 is 0. The van der Waals surface area contributed by atoms with Crippen LogP contribution in [0.3, 0.4) is 0 Å². The Hall–Kier alpha value is -0.790. The lowest BCUT2D eigenvalue weighted by atomic mass is 10.1. The summed E-state index contributed by atoms with van der Waals surface area (Å²) in [6.07, 6.45) is 2.24. The summed E-state index contributed by atoms with van der Waals surface area (Å²) in [7, 11) is 0. The monoisotopic (exact) mass is 209 g/mol. The molecule has 1 rings (SSSR count). The molecule has 0 saturated heterocycles. The summed E-state index contributed by atoms with van der Waals surface area (Å²) in [6.45, 7) is 17.8. The first-order valence-corrected chi connectivity index (χ1v) is 5.66. The molecule has 0 N–H and O–H groups in total. The molecule has 0 atom stereocenters. The van der Waals surface area contributed by atoms with Gasteiger partial charge in [0.05, 0.1) is 0 Å². The molecule has 15 heavy (non-hydrogen) atoms. The third kappa shape index (κ3) is 2.24. The van der Waals surface area contributed by atoms with E-state index in [1.165, 1.54) is 11.4 Å². The minimum atomic E-state index is 0.158. The van der Waals surface area contributed by atoms with Gasteiger partial charge in [0.2, 0.25) is 6.33 Å². The predicted molar refractivity (Wildman–Crippen MR) is 64.1 cm³/mol. The molecule has 0 unspecified atom stereocenters. The molecule has 0 spiro atoms. The Labute approximate surface area is 93.9 Å². The molecule has 0 aliphatic carbocycles. The quantitative estimate of drug-likeness (QED) is 0.581. The van der Waals surface area contributed by atoms with E-state index in [1.54, 1.807) is 0 Å². The van der Waals surface area contributed by atoms with Gasteiger partial charge in [-0.25, -0.2) is 9.13 Å². The molecule has 0 aliphatic rings. The van der Waals surface area contributed by atoms with E-state index >= 15 is 0 Å². The van der Waals surface area contributed by atoms with Crippen molar-refractivity contribution in [1.82, 2.24) is 4.57 Å². The molecule has 2 nitrogen and oxygen atoms in total. The molecule has 1 heterocycles. The molecule has 2 heteroatoms. The van der Waals surface area contributed by atoms with E-state index in [0.29, 0.717) is 0 Å². The van der Waals surface area contributed by atoms with Crippen LogP contribution in [0.2, 0.25) is 0 Å². The van der Waals surface area contributed by atoms with Crippen molar-refractivity contribution in [2.75, 3.05) is 0 Å². The van der Waals surface area contributed by atoms with Crippen molar-refractivity contribution < 1.29 is 4.57 Å². The van der Waals surface area contributed by atoms with E-state index < -0.39 is 0 Å². The Morgan fingerprint density at radius 3 is 1.67 bits per heavy atom. The first kappa shape index (κ1) is 12.3. The van der Waals surface area contributed by atoms with Crippen molar-refractivity contribution in [3.8, 4) is 0 Å². The van der Waals surface area contributed by atoms with Gasteiger partial charge in [-0.15, -0.1) is 0 Å². The lowest BCUT2D eigenvalue weighted by molar-refractivity contribution is -0.758. The van der Waals surface area contributed by atoms with E-state index in [9.17, 15) is 0 Å². The predicted octanol–water partition coefficient (Wildman–Crippen LogP) is 2.90. The van der Waals surface area contributed by atoms with Crippen LogP contribution >= 0.6 is 0 Å². The maximum absolute atomic E-state index is 2.35. The van der Waals surface area contributed by atoms with Gasteiger partial charge in [0.25, 0.3) is 0 Å². The van der Waals surface area contributed by atoms with E-state index in [0.717, 1.165) is 0 Å². The van der Waals surface area contributed by atoms with Crippen LogP contribution in [-0.4, -0.2) is 4.57 Å². The Bertz CT molecular complexity index is 325. The minimum Gasteiger partial charge on any atom is -0.229 e. The normalized spacial score (nSPS) is 13.3. The summed E-state index contributed by atoms with van der Waals surface area (Å²) < 4.78 is 4.71. The summed E-state index contributed by atoms with van der Waals surface area (Å²) in [5.41, 5.74) is 3.03. The molecule has 0 radical (unpaired) electrons. The molecule has 0 fully saturated rings. The number of hydrogen-bond acceptors (Lipinski definition) is 0. The SMILES string of the molecule is Cc1c(C)[n+](C(C)(C)C)cn1C(C)(C)C. The largest absolute Gasteiger partial charge is 0.245 e. The molecular weight excluding hydrogens is 184 g/mol. The first-order chi connectivity index (χ1) is 6.55. The summed E-state index contributed by atoms with van der Waals surface area (Å²) in [5.74, 6) is 0. The third-order valence-corrected chi connectivity index (χ3v) is 2.92. The van der Waals surface area contributed by atoms with Crippen LogP contribution in [0.4, 0.5) is 0 Å². The summed E-state index contributed by atoms with van der Waals surface area (Å²) in [6, 6.07) is 0. The molecule has 0 saturated carbocycles. The van der Waals surface area contributed by atoms with E-state index in [1.807, 2.05) is 0 Å². The van der Waals surface area contributed by atoms with Gasteiger partial charge in [-0.3, -0.25) is 0 Å². The molecule has 0 amide bonds. The van der Waals surface area contributed by atoms with Gasteiger partial charge in [-0.05, 0) is 41.5 Å². The van der Waals surface area contributed by atoms with Gasteiger partial charge < -0.3 is 0 Å². The van der Waals surface area contributed by atoms with Crippen LogP contribution in [0.25, 0.3) is 0 Å². The molecule has 1 aromatic heterocycles. The molecule has 86 valence electrons. The van der Waals surface area contributed by atoms with Crippen LogP contribution in [0.15, 0.2) is 6.33 Å². The van der Waals surface area contributed by atoms with Gasteiger partial charge in [-0.2, -0.15) is 0 Å². The second-order valence-corrected chi connectivity index (χ2v) is 6.37. The Morgan fingerprint density at radius 1 is 1.00 bits per heavy atom. The zero-order valence-corrected chi connectivity index (χ0v) is 11.5. The van der Waals surface area contributed by atoms with E-state index in [2.05, 4.69) is 70.9 Å². The maximum Gasteiger partial charge on any atom is 0.245 e. The van der Waals surface area contributed by atoms with Crippen LogP contribution in [0.5, 0.6) is 0 Å². The van der Waals surface area contributed by atoms with Gasteiger partial charge in [-0.1, -0.05) is 0 Å². The fourth-order valence-electron chi connectivity index (χ4n) is 1.99. The van der Waals surface area contributed by atoms with Gasteiger partial charge >= 0.3 is 0 Å². The smallest absolute Gasteiger partial charge is 0.229 e. The molecular formula is C13H25N2+. The fraction of sp³-hybridized carbons (Fsp3) is 0.769. The topological polar surface area (TPSA) is 8.81 Å². The molecule has 0 aliphatic heterocycles. The van der Waals surface area contributed by atoms with Crippen molar-refractivity contribution in [2.24, 2.45) is 0 Å². The van der Waals surface area contributed by atoms with Crippen LogP contribution in [0, 0.1) is 13.8 Å². The van der Waals surface area contributed by atoms with Crippen molar-refractivity contribution >= 4 is 0 Å². The Balaban J connectivity index is 3.38. The van der Waals surface area contributed by atoms with E-state index in [-0.39, 0.29) is 11.1 Å². The second-order valence-electron chi connectivity index (χ2n) is 6.37. The van der Waals surface area contributed by atoms with E-state index in [4.69, 9.17) is 0 Å². The highest BCUT2D eigenvalue weighted by atomic mass is 15.2. The molecule has 0 aromatic carbocycles. The van der Waals surface area contributed by atoms with Gasteiger partial charge in [0, 0.05) is 13.8 Å². The minimum absolute atomic E-state index is 0.158. The van der Waals surface area contributed by atoms with Crippen molar-refractivity contribution in [3.63, 3.8) is 0 Å². The number of aromatic nitrogens is 2. The number of nitrogens with zero attached hydrogens (tertiary/aromatic N) is 2.